The molecular weight excluding hydrogens is 588 g/mol. The van der Waals surface area contributed by atoms with Gasteiger partial charge in [0.2, 0.25) is 0 Å². The van der Waals surface area contributed by atoms with Crippen LogP contribution in [0.1, 0.15) is 23.6 Å². The molecule has 2 aromatic carbocycles. The summed E-state index contributed by atoms with van der Waals surface area (Å²) < 4.78 is 7.78. The molecule has 4 nitrogen and oxygen atoms in total. The Bertz CT molecular complexity index is 943. The molecule has 0 radical (unpaired) electrons. The van der Waals surface area contributed by atoms with Crippen LogP contribution in [0.5, 0.6) is 5.75 Å². The molecule has 1 fully saturated rings. The number of carbonyl (C=O) groups is 2. The third-order valence-corrected chi connectivity index (χ3v) is 6.41. The van der Waals surface area contributed by atoms with Crippen LogP contribution in [0.4, 0.5) is 4.79 Å². The lowest BCUT2D eigenvalue weighted by Crippen LogP contribution is -2.27. The number of rotatable bonds is 5. The zero-order chi connectivity index (χ0) is 19.6. The molecule has 140 valence electrons. The molecule has 0 atom stereocenters. The smallest absolute Gasteiger partial charge is 0.293 e. The van der Waals surface area contributed by atoms with Gasteiger partial charge in [0.25, 0.3) is 11.1 Å². The number of benzene rings is 2. The average Bonchev–Trinajstić information content (AvgIpc) is 2.87. The van der Waals surface area contributed by atoms with E-state index in [1.165, 1.54) is 4.90 Å². The third kappa shape index (κ3) is 4.68. The monoisotopic (exact) mass is 605 g/mol. The van der Waals surface area contributed by atoms with E-state index < -0.39 is 0 Å². The Hall–Kier alpha value is -1.07. The van der Waals surface area contributed by atoms with E-state index in [4.69, 9.17) is 4.74 Å². The number of carbonyl (C=O) groups excluding carboxylic acids is 2. The largest absolute Gasteiger partial charge is 0.492 e. The Kier molecular flexibility index (Phi) is 6.85. The minimum Gasteiger partial charge on any atom is -0.492 e. The number of halogens is 2. The number of aryl methyl sites for hydroxylation is 1. The Balaban J connectivity index is 1.92. The van der Waals surface area contributed by atoms with Gasteiger partial charge in [-0.1, -0.05) is 24.3 Å². The molecular formula is C20H17I2NO3S. The Morgan fingerprint density at radius 3 is 2.63 bits per heavy atom. The van der Waals surface area contributed by atoms with Gasteiger partial charge in [-0.05, 0) is 100 Å². The molecule has 3 rings (SSSR count). The Labute approximate surface area is 190 Å². The number of nitrogens with zero attached hydrogens (tertiary/aromatic N) is 1. The number of amides is 2. The molecule has 2 aromatic rings. The first-order valence-electron chi connectivity index (χ1n) is 8.32. The van der Waals surface area contributed by atoms with Gasteiger partial charge < -0.3 is 4.74 Å². The number of hydrogen-bond acceptors (Lipinski definition) is 4. The quantitative estimate of drug-likeness (QED) is 0.318. The van der Waals surface area contributed by atoms with Crippen LogP contribution in [-0.4, -0.2) is 22.7 Å². The van der Waals surface area contributed by atoms with E-state index in [1.807, 2.05) is 50.2 Å². The molecule has 27 heavy (non-hydrogen) atoms. The van der Waals surface area contributed by atoms with Crippen molar-refractivity contribution >= 4 is 74.2 Å². The van der Waals surface area contributed by atoms with Crippen molar-refractivity contribution in [1.82, 2.24) is 4.90 Å². The van der Waals surface area contributed by atoms with Crippen molar-refractivity contribution in [3.8, 4) is 5.75 Å². The van der Waals surface area contributed by atoms with Crippen molar-refractivity contribution in [2.75, 3.05) is 6.61 Å². The van der Waals surface area contributed by atoms with Gasteiger partial charge in [-0.2, -0.15) is 0 Å². The number of hydrogen-bond donors (Lipinski definition) is 0. The van der Waals surface area contributed by atoms with E-state index in [-0.39, 0.29) is 17.7 Å². The topological polar surface area (TPSA) is 46.6 Å². The van der Waals surface area contributed by atoms with Crippen molar-refractivity contribution in [2.45, 2.75) is 20.4 Å². The molecule has 1 aliphatic rings. The molecule has 0 bridgehead atoms. The minimum atomic E-state index is -0.260. The van der Waals surface area contributed by atoms with Gasteiger partial charge in [0.15, 0.2) is 0 Å². The second-order valence-electron chi connectivity index (χ2n) is 5.93. The lowest BCUT2D eigenvalue weighted by Gasteiger charge is -2.14. The van der Waals surface area contributed by atoms with Crippen LogP contribution in [0.2, 0.25) is 0 Å². The second kappa shape index (κ2) is 8.95. The molecule has 0 aromatic heterocycles. The van der Waals surface area contributed by atoms with Gasteiger partial charge in [0.1, 0.15) is 5.75 Å². The summed E-state index contributed by atoms with van der Waals surface area (Å²) in [7, 11) is 0. The predicted octanol–water partition coefficient (Wildman–Crippen LogP) is 5.84. The zero-order valence-corrected chi connectivity index (χ0v) is 19.9. The highest BCUT2D eigenvalue weighted by molar-refractivity contribution is 14.1. The van der Waals surface area contributed by atoms with Crippen LogP contribution in [0, 0.1) is 14.1 Å². The van der Waals surface area contributed by atoms with Gasteiger partial charge in [-0.3, -0.25) is 14.5 Å². The van der Waals surface area contributed by atoms with E-state index in [1.54, 1.807) is 6.08 Å². The maximum absolute atomic E-state index is 12.8. The highest BCUT2D eigenvalue weighted by Gasteiger charge is 2.35. The summed E-state index contributed by atoms with van der Waals surface area (Å²) in [5.74, 6) is 0.480. The summed E-state index contributed by atoms with van der Waals surface area (Å²) in [4.78, 5) is 27.0. The third-order valence-electron chi connectivity index (χ3n) is 4.08. The summed E-state index contributed by atoms with van der Waals surface area (Å²) >= 11 is 5.44. The highest BCUT2D eigenvalue weighted by Crippen LogP contribution is 2.37. The Morgan fingerprint density at radius 1 is 1.19 bits per heavy atom. The van der Waals surface area contributed by atoms with Crippen molar-refractivity contribution in [2.24, 2.45) is 0 Å². The normalized spacial score (nSPS) is 15.7. The van der Waals surface area contributed by atoms with Crippen LogP contribution in [0.25, 0.3) is 6.08 Å². The van der Waals surface area contributed by atoms with Gasteiger partial charge in [-0.15, -0.1) is 0 Å². The van der Waals surface area contributed by atoms with Gasteiger partial charge >= 0.3 is 0 Å². The lowest BCUT2D eigenvalue weighted by molar-refractivity contribution is -0.123. The van der Waals surface area contributed by atoms with Crippen molar-refractivity contribution in [3.05, 3.63) is 65.1 Å². The maximum Gasteiger partial charge on any atom is 0.293 e. The maximum atomic E-state index is 12.8. The molecule has 0 aliphatic carbocycles. The van der Waals surface area contributed by atoms with Crippen LogP contribution >= 0.6 is 56.9 Å². The summed E-state index contributed by atoms with van der Waals surface area (Å²) in [5, 5.41) is -0.243. The first kappa shape index (κ1) is 20.7. The fourth-order valence-electron chi connectivity index (χ4n) is 2.72. The summed E-state index contributed by atoms with van der Waals surface area (Å²) in [5.41, 5.74) is 2.85. The summed E-state index contributed by atoms with van der Waals surface area (Å²) in [6.45, 7) is 4.73. The molecule has 1 heterocycles. The van der Waals surface area contributed by atoms with E-state index >= 15 is 0 Å². The molecule has 2 amide bonds. The van der Waals surface area contributed by atoms with Gasteiger partial charge in [-0.25, -0.2) is 0 Å². The minimum absolute atomic E-state index is 0.243. The number of thioether (sulfide) groups is 1. The predicted molar refractivity (Wildman–Crippen MR) is 126 cm³/mol. The fourth-order valence-corrected chi connectivity index (χ4v) is 5.59. The van der Waals surface area contributed by atoms with E-state index in [9.17, 15) is 9.59 Å². The zero-order valence-electron chi connectivity index (χ0n) is 14.8. The standard InChI is InChI=1S/C20H17I2NO3S/c1-3-26-18-14(8-15(21)10-16(18)22)9-17-19(24)23(20(25)27-17)11-13-7-5-4-6-12(13)2/h4-10H,3,11H2,1-2H3/b17-9-. The van der Waals surface area contributed by atoms with Crippen LogP contribution in [0.3, 0.4) is 0 Å². The van der Waals surface area contributed by atoms with E-state index in [0.29, 0.717) is 11.5 Å². The van der Waals surface area contributed by atoms with Crippen molar-refractivity contribution < 1.29 is 14.3 Å². The first-order valence-corrected chi connectivity index (χ1v) is 11.3. The molecule has 1 aliphatic heterocycles. The SMILES string of the molecule is CCOc1c(I)cc(I)cc1/C=C1\SC(=O)N(Cc2ccccc2C)C1=O. The van der Waals surface area contributed by atoms with Crippen LogP contribution in [-0.2, 0) is 11.3 Å². The second-order valence-corrected chi connectivity index (χ2v) is 9.33. The van der Waals surface area contributed by atoms with Crippen molar-refractivity contribution in [3.63, 3.8) is 0 Å². The molecule has 7 heteroatoms. The molecule has 0 unspecified atom stereocenters. The highest BCUT2D eigenvalue weighted by atomic mass is 127. The van der Waals surface area contributed by atoms with E-state index in [0.717, 1.165) is 41.3 Å². The van der Waals surface area contributed by atoms with Gasteiger partial charge in [0.05, 0.1) is 21.6 Å². The van der Waals surface area contributed by atoms with Gasteiger partial charge in [0, 0.05) is 9.13 Å². The van der Waals surface area contributed by atoms with E-state index in [2.05, 4.69) is 45.2 Å². The molecule has 0 N–H and O–H groups in total. The van der Waals surface area contributed by atoms with Crippen LogP contribution < -0.4 is 4.74 Å². The number of ether oxygens (including phenoxy) is 1. The average molecular weight is 605 g/mol. The van der Waals surface area contributed by atoms with Crippen LogP contribution in [0.15, 0.2) is 41.3 Å². The number of imide groups is 1. The molecule has 0 spiro atoms. The fraction of sp³-hybridized carbons (Fsp3) is 0.200. The Morgan fingerprint density at radius 2 is 1.93 bits per heavy atom. The lowest BCUT2D eigenvalue weighted by atomic mass is 10.1. The molecule has 1 saturated heterocycles. The summed E-state index contributed by atoms with van der Waals surface area (Å²) in [6.07, 6.45) is 1.76. The van der Waals surface area contributed by atoms with Crippen molar-refractivity contribution in [1.29, 1.82) is 0 Å². The summed E-state index contributed by atoms with van der Waals surface area (Å²) in [6, 6.07) is 11.8. The first-order chi connectivity index (χ1) is 12.9. The molecule has 0 saturated carbocycles.